The highest BCUT2D eigenvalue weighted by Gasteiger charge is 2.18. The number of aliphatic hydroxyl groups excluding tert-OH is 1. The zero-order chi connectivity index (χ0) is 13.8. The SMILES string of the molecule is CC(=O)Nc1cccc(Cl)c1C(O)c1ccccc1. The molecule has 0 saturated carbocycles. The first-order valence-corrected chi connectivity index (χ1v) is 6.26. The van der Waals surface area contributed by atoms with Gasteiger partial charge in [0.05, 0.1) is 0 Å². The zero-order valence-electron chi connectivity index (χ0n) is 10.4. The third-order valence-corrected chi connectivity index (χ3v) is 3.08. The highest BCUT2D eigenvalue weighted by Crippen LogP contribution is 2.34. The van der Waals surface area contributed by atoms with Crippen LogP contribution in [0.1, 0.15) is 24.2 Å². The second-order valence-electron chi connectivity index (χ2n) is 4.20. The van der Waals surface area contributed by atoms with Gasteiger partial charge in [0.25, 0.3) is 0 Å². The Hall–Kier alpha value is -1.84. The minimum Gasteiger partial charge on any atom is -0.384 e. The fourth-order valence-electron chi connectivity index (χ4n) is 1.92. The number of amides is 1. The second-order valence-corrected chi connectivity index (χ2v) is 4.60. The molecule has 0 aliphatic rings. The third kappa shape index (κ3) is 3.13. The van der Waals surface area contributed by atoms with E-state index in [2.05, 4.69) is 5.32 Å². The first-order valence-electron chi connectivity index (χ1n) is 5.88. The van der Waals surface area contributed by atoms with Crippen molar-refractivity contribution in [2.75, 3.05) is 5.32 Å². The summed E-state index contributed by atoms with van der Waals surface area (Å²) in [5.41, 5.74) is 1.75. The molecule has 0 radical (unpaired) electrons. The van der Waals surface area contributed by atoms with E-state index in [9.17, 15) is 9.90 Å². The van der Waals surface area contributed by atoms with E-state index in [4.69, 9.17) is 11.6 Å². The molecule has 0 saturated heterocycles. The summed E-state index contributed by atoms with van der Waals surface area (Å²) in [4.78, 5) is 11.2. The monoisotopic (exact) mass is 275 g/mol. The van der Waals surface area contributed by atoms with E-state index >= 15 is 0 Å². The van der Waals surface area contributed by atoms with Crippen molar-refractivity contribution in [1.29, 1.82) is 0 Å². The molecule has 2 N–H and O–H groups in total. The highest BCUT2D eigenvalue weighted by molar-refractivity contribution is 6.32. The Bertz CT molecular complexity index is 584. The van der Waals surface area contributed by atoms with Crippen molar-refractivity contribution in [3.05, 3.63) is 64.7 Å². The van der Waals surface area contributed by atoms with E-state index in [1.54, 1.807) is 18.2 Å². The minimum absolute atomic E-state index is 0.205. The Balaban J connectivity index is 2.46. The Labute approximate surface area is 116 Å². The third-order valence-electron chi connectivity index (χ3n) is 2.75. The molecule has 0 aliphatic heterocycles. The van der Waals surface area contributed by atoms with Gasteiger partial charge in [-0.15, -0.1) is 0 Å². The van der Waals surface area contributed by atoms with Crippen molar-refractivity contribution >= 4 is 23.2 Å². The average molecular weight is 276 g/mol. The Morgan fingerprint density at radius 3 is 2.47 bits per heavy atom. The number of carbonyl (C=O) groups is 1. The lowest BCUT2D eigenvalue weighted by Crippen LogP contribution is -2.11. The Morgan fingerprint density at radius 2 is 1.84 bits per heavy atom. The molecule has 0 heterocycles. The van der Waals surface area contributed by atoms with Crippen molar-refractivity contribution in [2.24, 2.45) is 0 Å². The standard InChI is InChI=1S/C15H14ClNO2/c1-10(18)17-13-9-5-8-12(16)14(13)15(19)11-6-3-2-4-7-11/h2-9,15,19H,1H3,(H,17,18). The molecule has 0 aromatic heterocycles. The summed E-state index contributed by atoms with van der Waals surface area (Å²) in [7, 11) is 0. The van der Waals surface area contributed by atoms with Gasteiger partial charge in [0.15, 0.2) is 0 Å². The van der Waals surface area contributed by atoms with Crippen LogP contribution in [-0.2, 0) is 4.79 Å². The van der Waals surface area contributed by atoms with E-state index < -0.39 is 6.10 Å². The van der Waals surface area contributed by atoms with E-state index in [1.807, 2.05) is 30.3 Å². The number of aliphatic hydroxyl groups is 1. The predicted octanol–water partition coefficient (Wildman–Crippen LogP) is 3.38. The summed E-state index contributed by atoms with van der Waals surface area (Å²) in [6.45, 7) is 1.42. The van der Waals surface area contributed by atoms with Gasteiger partial charge in [0, 0.05) is 23.2 Å². The van der Waals surface area contributed by atoms with Crippen molar-refractivity contribution in [3.8, 4) is 0 Å². The Morgan fingerprint density at radius 1 is 1.16 bits per heavy atom. The van der Waals surface area contributed by atoms with Crippen LogP contribution in [0.3, 0.4) is 0 Å². The molecule has 1 amide bonds. The summed E-state index contributed by atoms with van der Waals surface area (Å²) < 4.78 is 0. The van der Waals surface area contributed by atoms with Crippen LogP contribution in [0.25, 0.3) is 0 Å². The first-order chi connectivity index (χ1) is 9.09. The van der Waals surface area contributed by atoms with Gasteiger partial charge < -0.3 is 10.4 Å². The molecule has 4 heteroatoms. The lowest BCUT2D eigenvalue weighted by molar-refractivity contribution is -0.114. The van der Waals surface area contributed by atoms with E-state index in [1.165, 1.54) is 6.92 Å². The molecule has 1 unspecified atom stereocenters. The molecule has 2 aromatic carbocycles. The lowest BCUT2D eigenvalue weighted by Gasteiger charge is -2.17. The summed E-state index contributed by atoms with van der Waals surface area (Å²) >= 11 is 6.15. The van der Waals surface area contributed by atoms with Gasteiger partial charge in [0.2, 0.25) is 5.91 Å². The van der Waals surface area contributed by atoms with E-state index in [0.29, 0.717) is 16.3 Å². The molecule has 19 heavy (non-hydrogen) atoms. The van der Waals surface area contributed by atoms with Gasteiger partial charge in [-0.25, -0.2) is 0 Å². The molecule has 2 rings (SSSR count). The molecule has 0 fully saturated rings. The number of anilines is 1. The van der Waals surface area contributed by atoms with Crippen LogP contribution in [0.15, 0.2) is 48.5 Å². The van der Waals surface area contributed by atoms with Crippen molar-refractivity contribution in [2.45, 2.75) is 13.0 Å². The van der Waals surface area contributed by atoms with Gasteiger partial charge in [-0.3, -0.25) is 4.79 Å². The van der Waals surface area contributed by atoms with Gasteiger partial charge >= 0.3 is 0 Å². The number of hydrogen-bond donors (Lipinski definition) is 2. The highest BCUT2D eigenvalue weighted by atomic mass is 35.5. The molecule has 98 valence electrons. The number of rotatable bonds is 3. The molecule has 2 aromatic rings. The van der Waals surface area contributed by atoms with Crippen molar-refractivity contribution < 1.29 is 9.90 Å². The largest absolute Gasteiger partial charge is 0.384 e. The topological polar surface area (TPSA) is 49.3 Å². The van der Waals surface area contributed by atoms with Crippen LogP contribution < -0.4 is 5.32 Å². The van der Waals surface area contributed by atoms with Crippen LogP contribution >= 0.6 is 11.6 Å². The van der Waals surface area contributed by atoms with Gasteiger partial charge in [-0.1, -0.05) is 48.0 Å². The van der Waals surface area contributed by atoms with E-state index in [-0.39, 0.29) is 5.91 Å². The fourth-order valence-corrected chi connectivity index (χ4v) is 2.19. The summed E-state index contributed by atoms with van der Waals surface area (Å²) in [6, 6.07) is 14.3. The van der Waals surface area contributed by atoms with E-state index in [0.717, 1.165) is 5.56 Å². The number of nitrogens with one attached hydrogen (secondary N) is 1. The van der Waals surface area contributed by atoms with Crippen LogP contribution in [-0.4, -0.2) is 11.0 Å². The maximum atomic E-state index is 11.2. The maximum absolute atomic E-state index is 11.2. The van der Waals surface area contributed by atoms with Crippen LogP contribution in [0.4, 0.5) is 5.69 Å². The number of hydrogen-bond acceptors (Lipinski definition) is 2. The van der Waals surface area contributed by atoms with Gasteiger partial charge in [-0.2, -0.15) is 0 Å². The number of carbonyl (C=O) groups excluding carboxylic acids is 1. The summed E-state index contributed by atoms with van der Waals surface area (Å²) in [5.74, 6) is -0.205. The second kappa shape index (κ2) is 5.87. The van der Waals surface area contributed by atoms with Crippen molar-refractivity contribution in [3.63, 3.8) is 0 Å². The van der Waals surface area contributed by atoms with Crippen molar-refractivity contribution in [1.82, 2.24) is 0 Å². The minimum atomic E-state index is -0.878. The molecular formula is C15H14ClNO2. The summed E-state index contributed by atoms with van der Waals surface area (Å²) in [5, 5.41) is 13.5. The molecule has 0 bridgehead atoms. The first kappa shape index (κ1) is 13.6. The smallest absolute Gasteiger partial charge is 0.221 e. The van der Waals surface area contributed by atoms with Gasteiger partial charge in [0.1, 0.15) is 6.10 Å². The average Bonchev–Trinajstić information content (AvgIpc) is 2.38. The lowest BCUT2D eigenvalue weighted by atomic mass is 10.00. The van der Waals surface area contributed by atoms with Crippen LogP contribution in [0, 0.1) is 0 Å². The zero-order valence-corrected chi connectivity index (χ0v) is 11.2. The van der Waals surface area contributed by atoms with Crippen LogP contribution in [0.2, 0.25) is 5.02 Å². The van der Waals surface area contributed by atoms with Crippen LogP contribution in [0.5, 0.6) is 0 Å². The number of benzene rings is 2. The fraction of sp³-hybridized carbons (Fsp3) is 0.133. The molecule has 0 aliphatic carbocycles. The quantitative estimate of drug-likeness (QED) is 0.902. The number of halogens is 1. The molecule has 1 atom stereocenters. The maximum Gasteiger partial charge on any atom is 0.221 e. The van der Waals surface area contributed by atoms with Gasteiger partial charge in [-0.05, 0) is 17.7 Å². The molecule has 0 spiro atoms. The summed E-state index contributed by atoms with van der Waals surface area (Å²) in [6.07, 6.45) is -0.878. The molecular weight excluding hydrogens is 262 g/mol. The Kier molecular flexibility index (Phi) is 4.20. The molecule has 3 nitrogen and oxygen atoms in total. The predicted molar refractivity (Wildman–Crippen MR) is 76.3 cm³/mol. The normalized spacial score (nSPS) is 11.9.